The largest absolute Gasteiger partial charge is 0.493 e. The zero-order chi connectivity index (χ0) is 14.2. The fourth-order valence-corrected chi connectivity index (χ4v) is 1.78. The Balaban J connectivity index is 1.82. The minimum absolute atomic E-state index is 0.538. The van der Waals surface area contributed by atoms with E-state index in [0.717, 1.165) is 24.6 Å². The molecule has 0 aliphatic rings. The van der Waals surface area contributed by atoms with Gasteiger partial charge in [0.05, 0.1) is 6.61 Å². The second kappa shape index (κ2) is 7.56. The van der Waals surface area contributed by atoms with E-state index >= 15 is 0 Å². The first-order valence-electron chi connectivity index (χ1n) is 6.99. The lowest BCUT2D eigenvalue weighted by Crippen LogP contribution is -2.20. The van der Waals surface area contributed by atoms with Gasteiger partial charge in [-0.2, -0.15) is 0 Å². The van der Waals surface area contributed by atoms with Gasteiger partial charge in [-0.1, -0.05) is 44.2 Å². The van der Waals surface area contributed by atoms with Gasteiger partial charge in [0, 0.05) is 12.2 Å². The van der Waals surface area contributed by atoms with Crippen molar-refractivity contribution < 1.29 is 4.74 Å². The van der Waals surface area contributed by atoms with E-state index in [-0.39, 0.29) is 0 Å². The molecule has 2 rings (SSSR count). The summed E-state index contributed by atoms with van der Waals surface area (Å²) in [6, 6.07) is 18.2. The first kappa shape index (κ1) is 14.4. The number of hydrogen-bond donors (Lipinski definition) is 2. The summed E-state index contributed by atoms with van der Waals surface area (Å²) in [6.07, 6.45) is 0. The molecular formula is C17H22N2O. The Bertz CT molecular complexity index is 511. The monoisotopic (exact) mass is 270 g/mol. The van der Waals surface area contributed by atoms with Crippen LogP contribution in [0.3, 0.4) is 0 Å². The van der Waals surface area contributed by atoms with Crippen LogP contribution in [0.2, 0.25) is 0 Å². The van der Waals surface area contributed by atoms with E-state index in [0.29, 0.717) is 5.92 Å². The molecule has 0 unspecified atom stereocenters. The molecule has 2 aromatic rings. The van der Waals surface area contributed by atoms with Gasteiger partial charge in [-0.25, -0.2) is 5.43 Å². The first-order valence-corrected chi connectivity index (χ1v) is 6.99. The van der Waals surface area contributed by atoms with Crippen LogP contribution in [0.1, 0.15) is 19.4 Å². The van der Waals surface area contributed by atoms with Gasteiger partial charge in [-0.05, 0) is 35.7 Å². The molecule has 2 aromatic carbocycles. The van der Waals surface area contributed by atoms with Crippen molar-refractivity contribution in [3.63, 3.8) is 0 Å². The summed E-state index contributed by atoms with van der Waals surface area (Å²) in [5.41, 5.74) is 8.62. The van der Waals surface area contributed by atoms with Crippen LogP contribution in [0.5, 0.6) is 5.75 Å². The molecule has 0 bridgehead atoms. The minimum Gasteiger partial charge on any atom is -0.493 e. The highest BCUT2D eigenvalue weighted by Crippen LogP contribution is 2.14. The summed E-state index contributed by atoms with van der Waals surface area (Å²) < 4.78 is 5.72. The topological polar surface area (TPSA) is 33.3 Å². The van der Waals surface area contributed by atoms with E-state index in [1.807, 2.05) is 42.5 Å². The molecule has 20 heavy (non-hydrogen) atoms. The summed E-state index contributed by atoms with van der Waals surface area (Å²) in [4.78, 5) is 0. The number of hydrazine groups is 1. The molecule has 2 N–H and O–H groups in total. The highest BCUT2D eigenvalue weighted by Gasteiger charge is 1.99. The Hall–Kier alpha value is -2.00. The standard InChI is InChI=1S/C17H22N2O/c1-14(2)13-20-17-10-6-7-15(11-17)12-18-19-16-8-4-3-5-9-16/h3-11,14,18-19H,12-13H2,1-2H3. The zero-order valence-corrected chi connectivity index (χ0v) is 12.1. The maximum absolute atomic E-state index is 5.72. The summed E-state index contributed by atoms with van der Waals surface area (Å²) in [5.74, 6) is 1.47. The highest BCUT2D eigenvalue weighted by atomic mass is 16.5. The van der Waals surface area contributed by atoms with Crippen LogP contribution in [0.15, 0.2) is 54.6 Å². The third-order valence-electron chi connectivity index (χ3n) is 2.78. The van der Waals surface area contributed by atoms with Gasteiger partial charge < -0.3 is 10.2 Å². The molecular weight excluding hydrogens is 248 g/mol. The lowest BCUT2D eigenvalue weighted by atomic mass is 10.2. The normalized spacial score (nSPS) is 10.6. The predicted octanol–water partition coefficient (Wildman–Crippen LogP) is 3.84. The van der Waals surface area contributed by atoms with Crippen molar-refractivity contribution in [2.75, 3.05) is 12.0 Å². The van der Waals surface area contributed by atoms with Crippen LogP contribution in [-0.2, 0) is 6.54 Å². The van der Waals surface area contributed by atoms with Crippen molar-refractivity contribution in [1.29, 1.82) is 0 Å². The first-order chi connectivity index (χ1) is 9.74. The summed E-state index contributed by atoms with van der Waals surface area (Å²) in [6.45, 7) is 5.79. The summed E-state index contributed by atoms with van der Waals surface area (Å²) >= 11 is 0. The number of benzene rings is 2. The van der Waals surface area contributed by atoms with E-state index in [1.165, 1.54) is 5.56 Å². The number of anilines is 1. The molecule has 106 valence electrons. The van der Waals surface area contributed by atoms with E-state index in [4.69, 9.17) is 4.74 Å². The molecule has 0 spiro atoms. The number of para-hydroxylation sites is 1. The van der Waals surface area contributed by atoms with E-state index in [9.17, 15) is 0 Å². The number of rotatable bonds is 7. The SMILES string of the molecule is CC(C)COc1cccc(CNNc2ccccc2)c1. The molecule has 0 saturated heterocycles. The third-order valence-corrected chi connectivity index (χ3v) is 2.78. The lowest BCUT2D eigenvalue weighted by molar-refractivity contribution is 0.271. The maximum Gasteiger partial charge on any atom is 0.119 e. The number of nitrogens with one attached hydrogen (secondary N) is 2. The number of hydrogen-bond acceptors (Lipinski definition) is 3. The highest BCUT2D eigenvalue weighted by molar-refractivity contribution is 5.41. The Labute approximate surface area is 120 Å². The lowest BCUT2D eigenvalue weighted by Gasteiger charge is -2.11. The van der Waals surface area contributed by atoms with Crippen molar-refractivity contribution in [1.82, 2.24) is 5.43 Å². The molecule has 0 heterocycles. The van der Waals surface area contributed by atoms with E-state index in [1.54, 1.807) is 0 Å². The van der Waals surface area contributed by atoms with Crippen LogP contribution in [-0.4, -0.2) is 6.61 Å². The molecule has 0 aliphatic heterocycles. The third kappa shape index (κ3) is 4.94. The molecule has 3 nitrogen and oxygen atoms in total. The van der Waals surface area contributed by atoms with E-state index in [2.05, 4.69) is 36.8 Å². The molecule has 0 aromatic heterocycles. The van der Waals surface area contributed by atoms with Crippen LogP contribution in [0, 0.1) is 5.92 Å². The second-order valence-corrected chi connectivity index (χ2v) is 5.20. The van der Waals surface area contributed by atoms with Gasteiger partial charge in [-0.3, -0.25) is 0 Å². The Kier molecular flexibility index (Phi) is 5.44. The van der Waals surface area contributed by atoms with Crippen molar-refractivity contribution in [3.8, 4) is 5.75 Å². The molecule has 3 heteroatoms. The van der Waals surface area contributed by atoms with Crippen molar-refractivity contribution in [2.24, 2.45) is 5.92 Å². The Morgan fingerprint density at radius 1 is 1.00 bits per heavy atom. The van der Waals surface area contributed by atoms with Crippen molar-refractivity contribution >= 4 is 5.69 Å². The minimum atomic E-state index is 0.538. The molecule has 0 saturated carbocycles. The Morgan fingerprint density at radius 3 is 2.55 bits per heavy atom. The second-order valence-electron chi connectivity index (χ2n) is 5.20. The van der Waals surface area contributed by atoms with Gasteiger partial charge in [-0.15, -0.1) is 0 Å². The van der Waals surface area contributed by atoms with Crippen LogP contribution < -0.4 is 15.6 Å². The van der Waals surface area contributed by atoms with Crippen molar-refractivity contribution in [2.45, 2.75) is 20.4 Å². The summed E-state index contributed by atoms with van der Waals surface area (Å²) in [5, 5.41) is 0. The Morgan fingerprint density at radius 2 is 1.80 bits per heavy atom. The molecule has 0 atom stereocenters. The smallest absolute Gasteiger partial charge is 0.119 e. The maximum atomic E-state index is 5.72. The van der Waals surface area contributed by atoms with Crippen LogP contribution >= 0.6 is 0 Å². The average molecular weight is 270 g/mol. The predicted molar refractivity (Wildman–Crippen MR) is 83.7 cm³/mol. The van der Waals surface area contributed by atoms with E-state index < -0.39 is 0 Å². The average Bonchev–Trinajstić information content (AvgIpc) is 2.47. The fraction of sp³-hybridized carbons (Fsp3) is 0.294. The van der Waals surface area contributed by atoms with Gasteiger partial charge in [0.25, 0.3) is 0 Å². The van der Waals surface area contributed by atoms with Crippen molar-refractivity contribution in [3.05, 3.63) is 60.2 Å². The molecule has 0 fully saturated rings. The van der Waals surface area contributed by atoms with Gasteiger partial charge in [0.1, 0.15) is 5.75 Å². The number of ether oxygens (including phenoxy) is 1. The quantitative estimate of drug-likeness (QED) is 0.750. The zero-order valence-electron chi connectivity index (χ0n) is 12.1. The fourth-order valence-electron chi connectivity index (χ4n) is 1.78. The van der Waals surface area contributed by atoms with Crippen LogP contribution in [0.4, 0.5) is 5.69 Å². The van der Waals surface area contributed by atoms with Gasteiger partial charge in [0.2, 0.25) is 0 Å². The van der Waals surface area contributed by atoms with Gasteiger partial charge in [0.15, 0.2) is 0 Å². The van der Waals surface area contributed by atoms with Gasteiger partial charge >= 0.3 is 0 Å². The summed E-state index contributed by atoms with van der Waals surface area (Å²) in [7, 11) is 0. The molecule has 0 amide bonds. The molecule has 0 radical (unpaired) electrons. The molecule has 0 aliphatic carbocycles. The van der Waals surface area contributed by atoms with Crippen LogP contribution in [0.25, 0.3) is 0 Å².